The van der Waals surface area contributed by atoms with Gasteiger partial charge in [0.1, 0.15) is 5.82 Å². The largest absolute Gasteiger partial charge is 0.289 e. The van der Waals surface area contributed by atoms with E-state index in [1.165, 1.54) is 0 Å². The molecule has 0 unspecified atom stereocenters. The number of carbonyl (C=O) groups is 1. The van der Waals surface area contributed by atoms with Crippen LogP contribution in [0.15, 0.2) is 29.6 Å². The lowest BCUT2D eigenvalue weighted by atomic mass is 10.2. The Hall–Kier alpha value is -2.21. The molecular formula is C12H10N4OS. The number of aromatic amines is 1. The molecule has 0 aliphatic rings. The number of carbonyl (C=O) groups excluding carboxylic acids is 1. The fourth-order valence-electron chi connectivity index (χ4n) is 1.72. The number of thiophene rings is 1. The average Bonchev–Trinajstić information content (AvgIpc) is 2.95. The zero-order chi connectivity index (χ0) is 12.5. The van der Waals surface area contributed by atoms with Gasteiger partial charge in [-0.15, -0.1) is 16.4 Å². The van der Waals surface area contributed by atoms with Crippen molar-refractivity contribution < 1.29 is 4.79 Å². The van der Waals surface area contributed by atoms with E-state index in [2.05, 4.69) is 20.5 Å². The van der Waals surface area contributed by atoms with Crippen molar-refractivity contribution in [2.45, 2.75) is 6.92 Å². The van der Waals surface area contributed by atoms with Crippen LogP contribution in [0.25, 0.3) is 10.1 Å². The molecule has 18 heavy (non-hydrogen) atoms. The summed E-state index contributed by atoms with van der Waals surface area (Å²) in [6.07, 6.45) is 0. The summed E-state index contributed by atoms with van der Waals surface area (Å²) in [7, 11) is 0. The van der Waals surface area contributed by atoms with E-state index in [-0.39, 0.29) is 5.91 Å². The van der Waals surface area contributed by atoms with Crippen molar-refractivity contribution in [1.82, 2.24) is 15.2 Å². The molecule has 5 nitrogen and oxygen atoms in total. The van der Waals surface area contributed by atoms with Gasteiger partial charge in [-0.25, -0.2) is 0 Å². The maximum absolute atomic E-state index is 12.1. The fraction of sp³-hybridized carbons (Fsp3) is 0.0833. The molecule has 2 heterocycles. The summed E-state index contributed by atoms with van der Waals surface area (Å²) in [6.45, 7) is 1.78. The number of hydrogen-bond acceptors (Lipinski definition) is 4. The Kier molecular flexibility index (Phi) is 2.56. The van der Waals surface area contributed by atoms with Gasteiger partial charge in [-0.05, 0) is 13.0 Å². The number of hydrogen-bond donors (Lipinski definition) is 2. The SMILES string of the molecule is Cc1nc(NC(=O)c2csc3ccccc23)n[nH]1. The summed E-state index contributed by atoms with van der Waals surface area (Å²) in [6, 6.07) is 7.81. The molecule has 90 valence electrons. The van der Waals surface area contributed by atoms with Crippen molar-refractivity contribution in [3.63, 3.8) is 0 Å². The van der Waals surface area contributed by atoms with Gasteiger partial charge in [0.05, 0.1) is 5.56 Å². The minimum Gasteiger partial charge on any atom is -0.289 e. The molecule has 0 radical (unpaired) electrons. The standard InChI is InChI=1S/C12H10N4OS/c1-7-13-12(16-15-7)14-11(17)9-6-18-10-5-3-2-4-8(9)10/h2-6H,1H3,(H2,13,14,15,16,17). The summed E-state index contributed by atoms with van der Waals surface area (Å²) in [5, 5.41) is 12.0. The third kappa shape index (κ3) is 1.86. The zero-order valence-electron chi connectivity index (χ0n) is 9.60. The van der Waals surface area contributed by atoms with Crippen molar-refractivity contribution >= 4 is 33.3 Å². The molecule has 0 fully saturated rings. The smallest absolute Gasteiger partial charge is 0.259 e. The molecule has 3 aromatic rings. The number of H-pyrrole nitrogens is 1. The molecule has 0 bridgehead atoms. The molecule has 1 aromatic carbocycles. The van der Waals surface area contributed by atoms with Gasteiger partial charge < -0.3 is 0 Å². The van der Waals surface area contributed by atoms with E-state index in [4.69, 9.17) is 0 Å². The van der Waals surface area contributed by atoms with E-state index in [9.17, 15) is 4.79 Å². The highest BCUT2D eigenvalue weighted by Crippen LogP contribution is 2.25. The van der Waals surface area contributed by atoms with Crippen LogP contribution in [0.5, 0.6) is 0 Å². The quantitative estimate of drug-likeness (QED) is 0.742. The number of aromatic nitrogens is 3. The van der Waals surface area contributed by atoms with Crippen LogP contribution in [0.3, 0.4) is 0 Å². The van der Waals surface area contributed by atoms with Gasteiger partial charge in [-0.1, -0.05) is 18.2 Å². The molecule has 0 saturated heterocycles. The molecule has 3 rings (SSSR count). The lowest BCUT2D eigenvalue weighted by Gasteiger charge is -1.99. The van der Waals surface area contributed by atoms with Crippen LogP contribution in [-0.2, 0) is 0 Å². The topological polar surface area (TPSA) is 70.7 Å². The van der Waals surface area contributed by atoms with Gasteiger partial charge in [0.25, 0.3) is 5.91 Å². The van der Waals surface area contributed by atoms with Crippen LogP contribution in [-0.4, -0.2) is 21.1 Å². The van der Waals surface area contributed by atoms with E-state index in [0.717, 1.165) is 10.1 Å². The van der Waals surface area contributed by atoms with Crippen LogP contribution in [0.1, 0.15) is 16.2 Å². The first-order chi connectivity index (χ1) is 8.74. The highest BCUT2D eigenvalue weighted by atomic mass is 32.1. The van der Waals surface area contributed by atoms with Crippen LogP contribution >= 0.6 is 11.3 Å². The molecule has 2 N–H and O–H groups in total. The van der Waals surface area contributed by atoms with Gasteiger partial charge in [0.15, 0.2) is 0 Å². The molecule has 0 saturated carbocycles. The number of rotatable bonds is 2. The highest BCUT2D eigenvalue weighted by Gasteiger charge is 2.13. The van der Waals surface area contributed by atoms with Crippen molar-refractivity contribution in [3.8, 4) is 0 Å². The minimum absolute atomic E-state index is 0.188. The van der Waals surface area contributed by atoms with Gasteiger partial charge in [-0.3, -0.25) is 15.2 Å². The lowest BCUT2D eigenvalue weighted by molar-refractivity contribution is 0.102. The Morgan fingerprint density at radius 3 is 3.00 bits per heavy atom. The molecule has 2 aromatic heterocycles. The molecule has 1 amide bonds. The molecule has 0 aliphatic heterocycles. The number of benzene rings is 1. The summed E-state index contributed by atoms with van der Waals surface area (Å²) in [4.78, 5) is 16.1. The van der Waals surface area contributed by atoms with E-state index in [1.54, 1.807) is 18.3 Å². The van der Waals surface area contributed by atoms with Gasteiger partial charge in [0, 0.05) is 15.5 Å². The first-order valence-corrected chi connectivity index (χ1v) is 6.28. The molecule has 0 atom stereocenters. The number of amides is 1. The summed E-state index contributed by atoms with van der Waals surface area (Å²) in [5.41, 5.74) is 0.651. The second kappa shape index (κ2) is 4.23. The van der Waals surface area contributed by atoms with Gasteiger partial charge in [0.2, 0.25) is 5.95 Å². The number of nitrogens with zero attached hydrogens (tertiary/aromatic N) is 2. The third-order valence-electron chi connectivity index (χ3n) is 2.55. The monoisotopic (exact) mass is 258 g/mol. The molecular weight excluding hydrogens is 248 g/mol. The summed E-state index contributed by atoms with van der Waals surface area (Å²) in [5.74, 6) is 0.778. The fourth-order valence-corrected chi connectivity index (χ4v) is 2.66. The Bertz CT molecular complexity index is 716. The number of fused-ring (bicyclic) bond motifs is 1. The first kappa shape index (κ1) is 10.9. The van der Waals surface area contributed by atoms with E-state index in [1.807, 2.05) is 29.6 Å². The highest BCUT2D eigenvalue weighted by molar-refractivity contribution is 7.17. The van der Waals surface area contributed by atoms with Crippen LogP contribution in [0.2, 0.25) is 0 Å². The Labute approximate surface area is 107 Å². The third-order valence-corrected chi connectivity index (χ3v) is 3.51. The Balaban J connectivity index is 1.92. The van der Waals surface area contributed by atoms with Crippen LogP contribution in [0.4, 0.5) is 5.95 Å². The van der Waals surface area contributed by atoms with Crippen LogP contribution < -0.4 is 5.32 Å². The maximum atomic E-state index is 12.1. The molecule has 6 heteroatoms. The number of anilines is 1. The Morgan fingerprint density at radius 1 is 1.39 bits per heavy atom. The van der Waals surface area contributed by atoms with E-state index in [0.29, 0.717) is 17.3 Å². The second-order valence-corrected chi connectivity index (χ2v) is 4.76. The normalized spacial score (nSPS) is 10.7. The summed E-state index contributed by atoms with van der Waals surface area (Å²) < 4.78 is 1.09. The van der Waals surface area contributed by atoms with Crippen molar-refractivity contribution in [2.24, 2.45) is 0 Å². The van der Waals surface area contributed by atoms with E-state index >= 15 is 0 Å². The molecule has 0 aliphatic carbocycles. The first-order valence-electron chi connectivity index (χ1n) is 5.40. The Morgan fingerprint density at radius 2 is 2.22 bits per heavy atom. The summed E-state index contributed by atoms with van der Waals surface area (Å²) >= 11 is 1.55. The predicted octanol–water partition coefficient (Wildman–Crippen LogP) is 2.58. The predicted molar refractivity (Wildman–Crippen MR) is 70.9 cm³/mol. The van der Waals surface area contributed by atoms with Crippen molar-refractivity contribution in [3.05, 3.63) is 41.0 Å². The molecule has 0 spiro atoms. The zero-order valence-corrected chi connectivity index (χ0v) is 10.4. The number of nitrogens with one attached hydrogen (secondary N) is 2. The maximum Gasteiger partial charge on any atom is 0.259 e. The van der Waals surface area contributed by atoms with Gasteiger partial charge >= 0.3 is 0 Å². The van der Waals surface area contributed by atoms with Crippen molar-refractivity contribution in [2.75, 3.05) is 5.32 Å². The van der Waals surface area contributed by atoms with Crippen LogP contribution in [0, 0.1) is 6.92 Å². The lowest BCUT2D eigenvalue weighted by Crippen LogP contribution is -2.12. The number of aryl methyl sites for hydroxylation is 1. The average molecular weight is 258 g/mol. The van der Waals surface area contributed by atoms with Gasteiger partial charge in [-0.2, -0.15) is 4.98 Å². The minimum atomic E-state index is -0.188. The van der Waals surface area contributed by atoms with Crippen molar-refractivity contribution in [1.29, 1.82) is 0 Å². The van der Waals surface area contributed by atoms with E-state index < -0.39 is 0 Å². The second-order valence-electron chi connectivity index (χ2n) is 3.84.